The number of hydrogen-bond donors (Lipinski definition) is 2. The molecule has 0 bridgehead atoms. The van der Waals surface area contributed by atoms with Gasteiger partial charge in [-0.3, -0.25) is 9.59 Å². The molecule has 138 valence electrons. The quantitative estimate of drug-likeness (QED) is 0.711. The van der Waals surface area contributed by atoms with Crippen LogP contribution >= 0.6 is 0 Å². The lowest BCUT2D eigenvalue weighted by Gasteiger charge is -2.10. The Kier molecular flexibility index (Phi) is 7.29. The number of amides is 2. The number of carbonyl (C=O) groups is 2. The van der Waals surface area contributed by atoms with Gasteiger partial charge in [0.05, 0.1) is 0 Å². The topological polar surface area (TPSA) is 74.3 Å². The summed E-state index contributed by atoms with van der Waals surface area (Å²) < 4.78 is 0. The molecule has 1 aromatic carbocycles. The Hall–Kier alpha value is -2.73. The van der Waals surface area contributed by atoms with E-state index in [1.54, 1.807) is 18.2 Å². The summed E-state index contributed by atoms with van der Waals surface area (Å²) in [4.78, 5) is 30.7. The highest BCUT2D eigenvalue weighted by Crippen LogP contribution is 2.05. The van der Waals surface area contributed by atoms with Crippen LogP contribution < -0.4 is 10.6 Å². The monoisotopic (exact) mass is 354 g/mol. The number of benzene rings is 1. The van der Waals surface area contributed by atoms with Gasteiger partial charge in [-0.15, -0.1) is 0 Å². The molecule has 1 heterocycles. The second-order valence-corrected chi connectivity index (χ2v) is 6.49. The minimum atomic E-state index is -0.297. The van der Waals surface area contributed by atoms with Crippen molar-refractivity contribution in [3.05, 3.63) is 65.0 Å². The fraction of sp³-hybridized carbons (Fsp3) is 0.350. The molecule has 0 unspecified atom stereocenters. The fourth-order valence-corrected chi connectivity index (χ4v) is 2.47. The number of rotatable bonds is 8. The number of aromatic nitrogens is 1. The molecule has 2 N–H and O–H groups in total. The van der Waals surface area contributed by atoms with Gasteiger partial charge in [0.1, 0.15) is 11.4 Å². The Morgan fingerprint density at radius 1 is 1.00 bits per heavy atom. The number of nitrogens with one attached hydrogen (secondary N) is 2. The number of carbonyl (C=O) groups excluding carboxylic acids is 2. The van der Waals surface area contributed by atoms with Gasteiger partial charge in [-0.1, -0.05) is 35.9 Å². The van der Waals surface area contributed by atoms with Crippen LogP contribution in [0.4, 0.5) is 0 Å². The third-order valence-corrected chi connectivity index (χ3v) is 3.82. The lowest BCUT2D eigenvalue weighted by Crippen LogP contribution is -2.29. The second-order valence-electron chi connectivity index (χ2n) is 6.49. The van der Waals surface area contributed by atoms with Gasteiger partial charge >= 0.3 is 0 Å². The van der Waals surface area contributed by atoms with E-state index in [2.05, 4.69) is 20.5 Å². The third-order valence-electron chi connectivity index (χ3n) is 3.82. The average Bonchev–Trinajstić information content (AvgIpc) is 2.63. The molecule has 26 heavy (non-hydrogen) atoms. The van der Waals surface area contributed by atoms with Crippen molar-refractivity contribution in [1.29, 1.82) is 0 Å². The van der Waals surface area contributed by atoms with Crippen molar-refractivity contribution in [2.24, 2.45) is 0 Å². The maximum absolute atomic E-state index is 12.3. The van der Waals surface area contributed by atoms with Gasteiger partial charge in [0.2, 0.25) is 0 Å². The van der Waals surface area contributed by atoms with Gasteiger partial charge in [-0.25, -0.2) is 4.98 Å². The molecule has 6 nitrogen and oxygen atoms in total. The molecule has 2 aromatic rings. The van der Waals surface area contributed by atoms with Crippen LogP contribution in [0, 0.1) is 6.92 Å². The summed E-state index contributed by atoms with van der Waals surface area (Å²) in [5.74, 6) is -0.564. The maximum Gasteiger partial charge on any atom is 0.270 e. The van der Waals surface area contributed by atoms with E-state index in [9.17, 15) is 9.59 Å². The van der Waals surface area contributed by atoms with Crippen molar-refractivity contribution in [3.63, 3.8) is 0 Å². The second kappa shape index (κ2) is 9.68. The predicted molar refractivity (Wildman–Crippen MR) is 102 cm³/mol. The molecule has 0 spiro atoms. The van der Waals surface area contributed by atoms with E-state index in [1.165, 1.54) is 0 Å². The molecule has 0 aliphatic rings. The zero-order valence-corrected chi connectivity index (χ0v) is 15.6. The number of nitrogens with zero attached hydrogens (tertiary/aromatic N) is 2. The Morgan fingerprint density at radius 3 is 2.31 bits per heavy atom. The van der Waals surface area contributed by atoms with Gasteiger partial charge in [0.15, 0.2) is 0 Å². The van der Waals surface area contributed by atoms with Crippen LogP contribution in [0.2, 0.25) is 0 Å². The van der Waals surface area contributed by atoms with Crippen LogP contribution in [-0.2, 0) is 6.54 Å². The summed E-state index contributed by atoms with van der Waals surface area (Å²) >= 11 is 0. The van der Waals surface area contributed by atoms with E-state index in [0.717, 1.165) is 24.1 Å². The van der Waals surface area contributed by atoms with E-state index < -0.39 is 0 Å². The number of pyridine rings is 1. The molecule has 0 saturated carbocycles. The van der Waals surface area contributed by atoms with E-state index in [4.69, 9.17) is 0 Å². The Labute approximate surface area is 154 Å². The molecule has 6 heteroatoms. The number of hydrogen-bond acceptors (Lipinski definition) is 4. The first kappa shape index (κ1) is 19.6. The molecule has 0 aliphatic heterocycles. The van der Waals surface area contributed by atoms with Crippen LogP contribution in [0.25, 0.3) is 0 Å². The molecule has 2 amide bonds. The van der Waals surface area contributed by atoms with Crippen LogP contribution in [0.5, 0.6) is 0 Å². The molecule has 0 atom stereocenters. The first-order valence-corrected chi connectivity index (χ1v) is 8.69. The van der Waals surface area contributed by atoms with Crippen molar-refractivity contribution in [2.75, 3.05) is 27.2 Å². The minimum absolute atomic E-state index is 0.235. The molecule has 1 aromatic heterocycles. The van der Waals surface area contributed by atoms with Crippen LogP contribution in [0.3, 0.4) is 0 Å². The standard InChI is InChI=1S/C20H26N4O2/c1-15-7-4-8-16(13-15)14-22-20(26)18-10-5-9-17(23-18)19(25)21-11-6-12-24(2)3/h4-5,7-10,13H,6,11-12,14H2,1-3H3,(H,21,25)(H,22,26). The summed E-state index contributed by atoms with van der Waals surface area (Å²) in [5, 5.41) is 5.66. The summed E-state index contributed by atoms with van der Waals surface area (Å²) in [6.45, 7) is 3.90. The first-order chi connectivity index (χ1) is 12.5. The summed E-state index contributed by atoms with van der Waals surface area (Å²) in [5.41, 5.74) is 2.65. The van der Waals surface area contributed by atoms with Gasteiger partial charge in [0, 0.05) is 13.1 Å². The highest BCUT2D eigenvalue weighted by atomic mass is 16.2. The Balaban J connectivity index is 1.90. The van der Waals surface area contributed by atoms with E-state index >= 15 is 0 Å². The highest BCUT2D eigenvalue weighted by molar-refractivity contribution is 5.96. The summed E-state index contributed by atoms with van der Waals surface area (Å²) in [6, 6.07) is 12.8. The van der Waals surface area contributed by atoms with Crippen LogP contribution in [0.1, 0.15) is 38.5 Å². The average molecular weight is 354 g/mol. The van der Waals surface area contributed by atoms with Crippen LogP contribution in [-0.4, -0.2) is 48.9 Å². The maximum atomic E-state index is 12.3. The summed E-state index contributed by atoms with van der Waals surface area (Å²) in [6.07, 6.45) is 0.857. The number of aryl methyl sites for hydroxylation is 1. The molecular formula is C20H26N4O2. The molecule has 0 aliphatic carbocycles. The van der Waals surface area contributed by atoms with Crippen molar-refractivity contribution in [3.8, 4) is 0 Å². The zero-order valence-electron chi connectivity index (χ0n) is 15.6. The largest absolute Gasteiger partial charge is 0.351 e. The van der Waals surface area contributed by atoms with Gasteiger partial charge in [-0.05, 0) is 51.7 Å². The van der Waals surface area contributed by atoms with Crippen molar-refractivity contribution in [1.82, 2.24) is 20.5 Å². The fourth-order valence-electron chi connectivity index (χ4n) is 2.47. The van der Waals surface area contributed by atoms with Crippen molar-refractivity contribution < 1.29 is 9.59 Å². The molecule has 2 rings (SSSR count). The first-order valence-electron chi connectivity index (χ1n) is 8.69. The summed E-state index contributed by atoms with van der Waals surface area (Å²) in [7, 11) is 3.98. The van der Waals surface area contributed by atoms with Gasteiger partial charge in [0.25, 0.3) is 11.8 Å². The molecule has 0 fully saturated rings. The Morgan fingerprint density at radius 2 is 1.65 bits per heavy atom. The molecule has 0 radical (unpaired) electrons. The molecular weight excluding hydrogens is 328 g/mol. The van der Waals surface area contributed by atoms with Gasteiger partial charge < -0.3 is 15.5 Å². The van der Waals surface area contributed by atoms with Crippen molar-refractivity contribution in [2.45, 2.75) is 19.9 Å². The highest BCUT2D eigenvalue weighted by Gasteiger charge is 2.12. The van der Waals surface area contributed by atoms with Gasteiger partial charge in [-0.2, -0.15) is 0 Å². The lowest BCUT2D eigenvalue weighted by molar-refractivity contribution is 0.0942. The predicted octanol–water partition coefficient (Wildman–Crippen LogP) is 2.00. The smallest absolute Gasteiger partial charge is 0.270 e. The Bertz CT molecular complexity index is 759. The zero-order chi connectivity index (χ0) is 18.9. The normalized spacial score (nSPS) is 10.6. The van der Waals surface area contributed by atoms with E-state index in [0.29, 0.717) is 13.1 Å². The SMILES string of the molecule is Cc1cccc(CNC(=O)c2cccc(C(=O)NCCCN(C)C)n2)c1. The minimum Gasteiger partial charge on any atom is -0.351 e. The van der Waals surface area contributed by atoms with Crippen LogP contribution in [0.15, 0.2) is 42.5 Å². The molecule has 0 saturated heterocycles. The van der Waals surface area contributed by atoms with Crippen molar-refractivity contribution >= 4 is 11.8 Å². The van der Waals surface area contributed by atoms with E-state index in [-0.39, 0.29) is 23.2 Å². The lowest BCUT2D eigenvalue weighted by atomic mass is 10.1. The third kappa shape index (κ3) is 6.29. The van der Waals surface area contributed by atoms with E-state index in [1.807, 2.05) is 45.3 Å².